The number of hydrogen-bond donors (Lipinski definition) is 2. The average Bonchev–Trinajstić information content (AvgIpc) is 2.36. The molecule has 1 atom stereocenters. The van der Waals surface area contributed by atoms with E-state index < -0.39 is 0 Å². The summed E-state index contributed by atoms with van der Waals surface area (Å²) in [4.78, 5) is 23.1. The van der Waals surface area contributed by atoms with Gasteiger partial charge in [0.15, 0.2) is 0 Å². The Morgan fingerprint density at radius 3 is 2.20 bits per heavy atom. The van der Waals surface area contributed by atoms with E-state index in [2.05, 4.69) is 10.6 Å². The number of rotatable bonds is 6. The van der Waals surface area contributed by atoms with Crippen molar-refractivity contribution in [2.24, 2.45) is 0 Å². The maximum absolute atomic E-state index is 11.9. The number of amides is 2. The third-order valence-electron chi connectivity index (χ3n) is 2.73. The van der Waals surface area contributed by atoms with Gasteiger partial charge in [-0.05, 0) is 31.5 Å². The normalized spacial score (nSPS) is 11.8. The van der Waals surface area contributed by atoms with E-state index in [1.54, 1.807) is 7.11 Å². The van der Waals surface area contributed by atoms with E-state index in [0.717, 1.165) is 11.3 Å². The molecule has 0 bridgehead atoms. The van der Waals surface area contributed by atoms with Gasteiger partial charge in [-0.15, -0.1) is 0 Å². The van der Waals surface area contributed by atoms with Gasteiger partial charge in [-0.1, -0.05) is 12.1 Å². The first-order valence-corrected chi connectivity index (χ1v) is 6.62. The van der Waals surface area contributed by atoms with Crippen LogP contribution in [0.1, 0.15) is 38.8 Å². The Balaban J connectivity index is 2.81. The molecule has 0 saturated heterocycles. The van der Waals surface area contributed by atoms with Crippen LogP contribution in [-0.4, -0.2) is 25.0 Å². The molecule has 1 aromatic carbocycles. The molecule has 1 aromatic rings. The maximum atomic E-state index is 11.9. The summed E-state index contributed by atoms with van der Waals surface area (Å²) in [5.41, 5.74) is 0.875. The lowest BCUT2D eigenvalue weighted by Gasteiger charge is -2.19. The molecule has 0 aliphatic heterocycles. The van der Waals surface area contributed by atoms with Crippen LogP contribution in [0.5, 0.6) is 5.75 Å². The summed E-state index contributed by atoms with van der Waals surface area (Å²) in [6.07, 6.45) is 0.212. The highest BCUT2D eigenvalue weighted by molar-refractivity contribution is 5.79. The van der Waals surface area contributed by atoms with Gasteiger partial charge in [0.25, 0.3) is 0 Å². The Kier molecular flexibility index (Phi) is 6.03. The molecular weight excluding hydrogens is 256 g/mol. The molecule has 5 heteroatoms. The molecule has 0 fully saturated rings. The van der Waals surface area contributed by atoms with Crippen molar-refractivity contribution < 1.29 is 14.3 Å². The van der Waals surface area contributed by atoms with Crippen LogP contribution in [-0.2, 0) is 9.59 Å². The number of nitrogens with one attached hydrogen (secondary N) is 2. The Bertz CT molecular complexity index is 455. The van der Waals surface area contributed by atoms with Crippen molar-refractivity contribution in [3.8, 4) is 5.75 Å². The van der Waals surface area contributed by atoms with Crippen molar-refractivity contribution in [2.75, 3.05) is 7.11 Å². The van der Waals surface area contributed by atoms with E-state index in [-0.39, 0.29) is 30.3 Å². The summed E-state index contributed by atoms with van der Waals surface area (Å²) in [7, 11) is 1.59. The third-order valence-corrected chi connectivity index (χ3v) is 2.73. The summed E-state index contributed by atoms with van der Waals surface area (Å²) < 4.78 is 5.10. The predicted octanol–water partition coefficient (Wildman–Crippen LogP) is 1.79. The van der Waals surface area contributed by atoms with Crippen LogP contribution in [0.25, 0.3) is 0 Å². The molecule has 0 aromatic heterocycles. The molecular formula is C15H22N2O3. The van der Waals surface area contributed by atoms with Crippen molar-refractivity contribution >= 4 is 11.8 Å². The second-order valence-corrected chi connectivity index (χ2v) is 4.95. The lowest BCUT2D eigenvalue weighted by atomic mass is 10.0. The van der Waals surface area contributed by atoms with E-state index in [1.807, 2.05) is 38.1 Å². The summed E-state index contributed by atoms with van der Waals surface area (Å²) in [5.74, 6) is 0.486. The second kappa shape index (κ2) is 7.53. The van der Waals surface area contributed by atoms with Crippen LogP contribution >= 0.6 is 0 Å². The number of ether oxygens (including phenoxy) is 1. The summed E-state index contributed by atoms with van der Waals surface area (Å²) in [6, 6.07) is 7.06. The van der Waals surface area contributed by atoms with Crippen LogP contribution in [0.3, 0.4) is 0 Å². The molecule has 0 radical (unpaired) electrons. The fourth-order valence-electron chi connectivity index (χ4n) is 1.90. The molecule has 2 amide bonds. The van der Waals surface area contributed by atoms with Crippen LogP contribution in [0.2, 0.25) is 0 Å². The monoisotopic (exact) mass is 278 g/mol. The lowest BCUT2D eigenvalue weighted by Crippen LogP contribution is -2.35. The minimum absolute atomic E-state index is 0.0799. The topological polar surface area (TPSA) is 67.4 Å². The maximum Gasteiger partial charge on any atom is 0.222 e. The molecule has 0 saturated carbocycles. The number of hydrogen-bond acceptors (Lipinski definition) is 3. The van der Waals surface area contributed by atoms with E-state index in [4.69, 9.17) is 4.74 Å². The quantitative estimate of drug-likeness (QED) is 0.833. The van der Waals surface area contributed by atoms with Gasteiger partial charge in [0, 0.05) is 13.0 Å². The molecule has 0 aliphatic carbocycles. The van der Waals surface area contributed by atoms with Crippen molar-refractivity contribution in [3.05, 3.63) is 29.8 Å². The zero-order valence-corrected chi connectivity index (χ0v) is 12.4. The molecule has 0 aliphatic rings. The minimum Gasteiger partial charge on any atom is -0.497 e. The molecule has 1 unspecified atom stereocenters. The lowest BCUT2D eigenvalue weighted by molar-refractivity contribution is -0.123. The summed E-state index contributed by atoms with van der Waals surface area (Å²) in [5, 5.41) is 5.62. The molecule has 5 nitrogen and oxygen atoms in total. The number of benzene rings is 1. The summed E-state index contributed by atoms with van der Waals surface area (Å²) in [6.45, 7) is 5.24. The second-order valence-electron chi connectivity index (χ2n) is 4.95. The van der Waals surface area contributed by atoms with Gasteiger partial charge in [0.2, 0.25) is 11.8 Å². The fraction of sp³-hybridized carbons (Fsp3) is 0.467. The van der Waals surface area contributed by atoms with Crippen molar-refractivity contribution in [1.82, 2.24) is 10.6 Å². The van der Waals surface area contributed by atoms with E-state index in [1.165, 1.54) is 6.92 Å². The van der Waals surface area contributed by atoms with Crippen LogP contribution in [0, 0.1) is 0 Å². The fourth-order valence-corrected chi connectivity index (χ4v) is 1.90. The van der Waals surface area contributed by atoms with Gasteiger partial charge in [0.1, 0.15) is 5.75 Å². The zero-order chi connectivity index (χ0) is 15.1. The van der Waals surface area contributed by atoms with Gasteiger partial charge in [0.05, 0.1) is 19.6 Å². The highest BCUT2D eigenvalue weighted by Crippen LogP contribution is 2.20. The first-order valence-electron chi connectivity index (χ1n) is 6.62. The van der Waals surface area contributed by atoms with Crippen molar-refractivity contribution in [1.29, 1.82) is 0 Å². The standard InChI is InChI=1S/C15H22N2O3/c1-10(2)16-15(19)9-14(17-11(3)18)12-5-7-13(20-4)8-6-12/h5-8,10,14H,9H2,1-4H3,(H,16,19)(H,17,18). The van der Waals surface area contributed by atoms with Crippen LogP contribution in [0.4, 0.5) is 0 Å². The molecule has 2 N–H and O–H groups in total. The smallest absolute Gasteiger partial charge is 0.222 e. The molecule has 0 spiro atoms. The van der Waals surface area contributed by atoms with Crippen molar-refractivity contribution in [3.63, 3.8) is 0 Å². The van der Waals surface area contributed by atoms with Gasteiger partial charge < -0.3 is 15.4 Å². The average molecular weight is 278 g/mol. The van der Waals surface area contributed by atoms with Gasteiger partial charge >= 0.3 is 0 Å². The van der Waals surface area contributed by atoms with E-state index >= 15 is 0 Å². The Labute approximate surface area is 119 Å². The van der Waals surface area contributed by atoms with Gasteiger partial charge in [-0.25, -0.2) is 0 Å². The Morgan fingerprint density at radius 2 is 1.75 bits per heavy atom. The van der Waals surface area contributed by atoms with Gasteiger partial charge in [-0.2, -0.15) is 0 Å². The van der Waals surface area contributed by atoms with E-state index in [0.29, 0.717) is 0 Å². The predicted molar refractivity (Wildman–Crippen MR) is 77.4 cm³/mol. The van der Waals surface area contributed by atoms with Crippen molar-refractivity contribution in [2.45, 2.75) is 39.3 Å². The highest BCUT2D eigenvalue weighted by Gasteiger charge is 2.17. The summed E-state index contributed by atoms with van der Waals surface area (Å²) >= 11 is 0. The Morgan fingerprint density at radius 1 is 1.15 bits per heavy atom. The molecule has 1 rings (SSSR count). The molecule has 20 heavy (non-hydrogen) atoms. The van der Waals surface area contributed by atoms with Crippen LogP contribution in [0.15, 0.2) is 24.3 Å². The first kappa shape index (κ1) is 16.0. The Hall–Kier alpha value is -2.04. The number of carbonyl (C=O) groups excluding carboxylic acids is 2. The van der Waals surface area contributed by atoms with Crippen LogP contribution < -0.4 is 15.4 Å². The number of methoxy groups -OCH3 is 1. The zero-order valence-electron chi connectivity index (χ0n) is 12.4. The third kappa shape index (κ3) is 5.30. The van der Waals surface area contributed by atoms with Gasteiger partial charge in [-0.3, -0.25) is 9.59 Å². The largest absolute Gasteiger partial charge is 0.497 e. The molecule has 110 valence electrons. The number of carbonyl (C=O) groups is 2. The SMILES string of the molecule is COc1ccc(C(CC(=O)NC(C)C)NC(C)=O)cc1. The molecule has 0 heterocycles. The highest BCUT2D eigenvalue weighted by atomic mass is 16.5. The first-order chi connectivity index (χ1) is 9.42. The van der Waals surface area contributed by atoms with E-state index in [9.17, 15) is 9.59 Å². The minimum atomic E-state index is -0.336.